The lowest BCUT2D eigenvalue weighted by Gasteiger charge is -2.25. The lowest BCUT2D eigenvalue weighted by atomic mass is 10.1. The van der Waals surface area contributed by atoms with Crippen LogP contribution in [-0.4, -0.2) is 33.4 Å². The number of carbonyl (C=O) groups is 1. The van der Waals surface area contributed by atoms with Crippen molar-refractivity contribution in [3.05, 3.63) is 21.6 Å². The van der Waals surface area contributed by atoms with Crippen molar-refractivity contribution in [3.8, 4) is 0 Å². The van der Waals surface area contributed by atoms with Crippen LogP contribution in [0.5, 0.6) is 0 Å². The van der Waals surface area contributed by atoms with E-state index in [1.807, 2.05) is 0 Å². The van der Waals surface area contributed by atoms with Gasteiger partial charge < -0.3 is 10.00 Å². The number of aromatic nitrogens is 2. The molecule has 2 N–H and O–H groups in total. The van der Waals surface area contributed by atoms with Crippen molar-refractivity contribution in [2.45, 2.75) is 13.0 Å². The number of nitrogens with zero attached hydrogens (tertiary/aromatic N) is 1. The number of halogens is 1. The number of fused-ring (bicyclic) bond motifs is 1. The molecule has 0 bridgehead atoms. The summed E-state index contributed by atoms with van der Waals surface area (Å²) in [5.41, 5.74) is 1.40. The van der Waals surface area contributed by atoms with Crippen LogP contribution in [0.2, 0.25) is 0 Å². The number of hydrogen-bond acceptors (Lipinski definition) is 2. The number of carbonyl (C=O) groups excluding carboxylic acids is 1. The van der Waals surface area contributed by atoms with Crippen molar-refractivity contribution in [1.29, 1.82) is 0 Å². The standard InChI is InChI=1S/C8H10ClN3O2/c9-3-7(13)12-2-1-6-5(4-12)8(14)11-10-6/h1-4H2,(H2,10,11,14). The zero-order valence-corrected chi connectivity index (χ0v) is 8.23. The van der Waals surface area contributed by atoms with Crippen LogP contribution in [0.25, 0.3) is 0 Å². The molecule has 6 heteroatoms. The van der Waals surface area contributed by atoms with E-state index in [-0.39, 0.29) is 17.3 Å². The molecule has 0 aliphatic carbocycles. The normalized spacial score (nSPS) is 15.4. The zero-order valence-electron chi connectivity index (χ0n) is 7.47. The second kappa shape index (κ2) is 3.49. The molecular weight excluding hydrogens is 206 g/mol. The SMILES string of the molecule is O=C(CCl)N1CCc2[nH][nH]c(=O)c2C1. The molecule has 0 aromatic carbocycles. The number of amides is 1. The Morgan fingerprint density at radius 3 is 3.00 bits per heavy atom. The molecule has 2 heterocycles. The summed E-state index contributed by atoms with van der Waals surface area (Å²) >= 11 is 5.44. The largest absolute Gasteiger partial charge is 0.337 e. The minimum atomic E-state index is -0.146. The summed E-state index contributed by atoms with van der Waals surface area (Å²) in [5.74, 6) is -0.157. The molecule has 14 heavy (non-hydrogen) atoms. The second-order valence-corrected chi connectivity index (χ2v) is 3.50. The Labute approximate surface area is 85.0 Å². The van der Waals surface area contributed by atoms with Crippen LogP contribution in [0.4, 0.5) is 0 Å². The van der Waals surface area contributed by atoms with Crippen LogP contribution >= 0.6 is 11.6 Å². The molecule has 2 rings (SSSR count). The summed E-state index contributed by atoms with van der Waals surface area (Å²) in [7, 11) is 0. The summed E-state index contributed by atoms with van der Waals surface area (Å²) in [6.45, 7) is 0.978. The molecule has 1 aliphatic rings. The second-order valence-electron chi connectivity index (χ2n) is 3.24. The highest BCUT2D eigenvalue weighted by atomic mass is 35.5. The molecule has 0 saturated carbocycles. The molecule has 76 valence electrons. The molecule has 0 atom stereocenters. The third-order valence-corrected chi connectivity index (χ3v) is 2.64. The van der Waals surface area contributed by atoms with Gasteiger partial charge in [-0.25, -0.2) is 0 Å². The van der Waals surface area contributed by atoms with E-state index in [1.54, 1.807) is 4.90 Å². The number of nitrogens with one attached hydrogen (secondary N) is 2. The van der Waals surface area contributed by atoms with Gasteiger partial charge in [-0.05, 0) is 0 Å². The van der Waals surface area contributed by atoms with E-state index in [2.05, 4.69) is 10.2 Å². The fourth-order valence-electron chi connectivity index (χ4n) is 1.61. The van der Waals surface area contributed by atoms with Crippen molar-refractivity contribution < 1.29 is 4.79 Å². The maximum atomic E-state index is 11.3. The molecular formula is C8H10ClN3O2. The fraction of sp³-hybridized carbons (Fsp3) is 0.500. The van der Waals surface area contributed by atoms with Gasteiger partial charge in [0.25, 0.3) is 5.56 Å². The van der Waals surface area contributed by atoms with E-state index in [4.69, 9.17) is 11.6 Å². The number of alkyl halides is 1. The van der Waals surface area contributed by atoms with E-state index >= 15 is 0 Å². The minimum absolute atomic E-state index is 0.0301. The van der Waals surface area contributed by atoms with E-state index in [1.165, 1.54) is 0 Å². The van der Waals surface area contributed by atoms with Crippen LogP contribution in [0.15, 0.2) is 4.79 Å². The van der Waals surface area contributed by atoms with Gasteiger partial charge in [0, 0.05) is 18.7 Å². The number of aromatic amines is 2. The Morgan fingerprint density at radius 1 is 1.50 bits per heavy atom. The Hall–Kier alpha value is -1.23. The monoisotopic (exact) mass is 215 g/mol. The zero-order chi connectivity index (χ0) is 10.1. The first-order chi connectivity index (χ1) is 6.72. The van der Waals surface area contributed by atoms with Gasteiger partial charge in [-0.3, -0.25) is 14.7 Å². The van der Waals surface area contributed by atoms with Crippen LogP contribution in [0.3, 0.4) is 0 Å². The van der Waals surface area contributed by atoms with Gasteiger partial charge in [-0.1, -0.05) is 0 Å². The molecule has 1 amide bonds. The van der Waals surface area contributed by atoms with Gasteiger partial charge in [-0.2, -0.15) is 0 Å². The number of rotatable bonds is 1. The molecule has 0 unspecified atom stereocenters. The summed E-state index contributed by atoms with van der Waals surface area (Å²) < 4.78 is 0. The highest BCUT2D eigenvalue weighted by Crippen LogP contribution is 2.13. The van der Waals surface area contributed by atoms with Crippen LogP contribution in [-0.2, 0) is 17.8 Å². The minimum Gasteiger partial charge on any atom is -0.337 e. The lowest BCUT2D eigenvalue weighted by Crippen LogP contribution is -2.38. The van der Waals surface area contributed by atoms with Crippen molar-refractivity contribution in [1.82, 2.24) is 15.1 Å². The average molecular weight is 216 g/mol. The maximum absolute atomic E-state index is 11.3. The first-order valence-electron chi connectivity index (χ1n) is 4.34. The van der Waals surface area contributed by atoms with Crippen LogP contribution < -0.4 is 5.56 Å². The average Bonchev–Trinajstić information content (AvgIpc) is 2.59. The Kier molecular flexibility index (Phi) is 2.33. The van der Waals surface area contributed by atoms with Crippen LogP contribution in [0, 0.1) is 0 Å². The Bertz CT molecular complexity index is 409. The van der Waals surface area contributed by atoms with E-state index in [0.29, 0.717) is 25.1 Å². The highest BCUT2D eigenvalue weighted by molar-refractivity contribution is 6.27. The van der Waals surface area contributed by atoms with E-state index in [9.17, 15) is 9.59 Å². The van der Waals surface area contributed by atoms with Gasteiger partial charge in [-0.15, -0.1) is 11.6 Å². The predicted octanol–water partition coefficient (Wildman–Crippen LogP) is -0.174. The van der Waals surface area contributed by atoms with Crippen molar-refractivity contribution in [2.75, 3.05) is 12.4 Å². The summed E-state index contributed by atoms with van der Waals surface area (Å²) in [4.78, 5) is 24.1. The fourth-order valence-corrected chi connectivity index (χ4v) is 1.78. The molecule has 0 radical (unpaired) electrons. The van der Waals surface area contributed by atoms with Gasteiger partial charge >= 0.3 is 0 Å². The smallest absolute Gasteiger partial charge is 0.269 e. The van der Waals surface area contributed by atoms with Crippen molar-refractivity contribution >= 4 is 17.5 Å². The highest BCUT2D eigenvalue weighted by Gasteiger charge is 2.23. The topological polar surface area (TPSA) is 69.0 Å². The quantitative estimate of drug-likeness (QED) is 0.639. The van der Waals surface area contributed by atoms with Crippen molar-refractivity contribution in [2.24, 2.45) is 0 Å². The molecule has 1 aliphatic heterocycles. The number of hydrogen-bond donors (Lipinski definition) is 2. The van der Waals surface area contributed by atoms with Crippen molar-refractivity contribution in [3.63, 3.8) is 0 Å². The van der Waals surface area contributed by atoms with Gasteiger partial charge in [0.15, 0.2) is 0 Å². The van der Waals surface area contributed by atoms with Gasteiger partial charge in [0.2, 0.25) is 5.91 Å². The Balaban J connectivity index is 2.24. The molecule has 1 aromatic rings. The predicted molar refractivity (Wildman–Crippen MR) is 51.3 cm³/mol. The molecule has 5 nitrogen and oxygen atoms in total. The summed E-state index contributed by atoms with van der Waals surface area (Å²) in [6, 6.07) is 0. The van der Waals surface area contributed by atoms with E-state index in [0.717, 1.165) is 5.69 Å². The molecule has 1 aromatic heterocycles. The first-order valence-corrected chi connectivity index (χ1v) is 4.88. The Morgan fingerprint density at radius 2 is 2.29 bits per heavy atom. The lowest BCUT2D eigenvalue weighted by molar-refractivity contribution is -0.129. The third kappa shape index (κ3) is 1.43. The van der Waals surface area contributed by atoms with Crippen LogP contribution in [0.1, 0.15) is 11.3 Å². The number of H-pyrrole nitrogens is 2. The first kappa shape index (κ1) is 9.33. The third-order valence-electron chi connectivity index (χ3n) is 2.41. The van der Waals surface area contributed by atoms with Gasteiger partial charge in [0.1, 0.15) is 5.88 Å². The summed E-state index contributed by atoms with van der Waals surface area (Å²) in [5, 5.41) is 5.30. The maximum Gasteiger partial charge on any atom is 0.269 e. The molecule has 0 fully saturated rings. The van der Waals surface area contributed by atoms with E-state index < -0.39 is 0 Å². The molecule has 0 spiro atoms. The molecule has 0 saturated heterocycles. The summed E-state index contributed by atoms with van der Waals surface area (Å²) in [6.07, 6.45) is 0.677. The van der Waals surface area contributed by atoms with Gasteiger partial charge in [0.05, 0.1) is 12.1 Å².